The number of carbonyl (C=O) groups excluding carboxylic acids is 1. The van der Waals surface area contributed by atoms with E-state index >= 15 is 0 Å². The second kappa shape index (κ2) is 17.8. The van der Waals surface area contributed by atoms with E-state index in [2.05, 4.69) is 43.4 Å². The van der Waals surface area contributed by atoms with Crippen molar-refractivity contribution >= 4 is 46.6 Å². The molecule has 4 heterocycles. The fourth-order valence-electron chi connectivity index (χ4n) is 5.84. The van der Waals surface area contributed by atoms with Crippen LogP contribution >= 0.6 is 0 Å². The van der Waals surface area contributed by atoms with Crippen LogP contribution in [0.2, 0.25) is 0 Å². The van der Waals surface area contributed by atoms with Gasteiger partial charge < -0.3 is 57.0 Å². The Bertz CT molecular complexity index is 1740. The molecule has 12 N–H and O–H groups in total. The molecular formula is C35H53N11O5. The largest absolute Gasteiger partial charge is 0.478 e. The first-order valence-electron chi connectivity index (χ1n) is 16.7. The summed E-state index contributed by atoms with van der Waals surface area (Å²) < 4.78 is 6.81. The van der Waals surface area contributed by atoms with Crippen molar-refractivity contribution in [3.05, 3.63) is 65.1 Å². The Morgan fingerprint density at radius 2 is 1.59 bits per heavy atom. The van der Waals surface area contributed by atoms with Crippen molar-refractivity contribution in [3.8, 4) is 5.88 Å². The van der Waals surface area contributed by atoms with E-state index in [9.17, 15) is 9.59 Å². The van der Waals surface area contributed by atoms with Gasteiger partial charge in [-0.25, -0.2) is 14.6 Å². The van der Waals surface area contributed by atoms with E-state index < -0.39 is 11.9 Å². The molecule has 16 nitrogen and oxygen atoms in total. The Morgan fingerprint density at radius 3 is 2.14 bits per heavy atom. The minimum atomic E-state index is -0.967. The average Bonchev–Trinajstić information content (AvgIpc) is 3.61. The van der Waals surface area contributed by atoms with Gasteiger partial charge in [0.25, 0.3) is 0 Å². The maximum Gasteiger partial charge on any atom is 0.358 e. The number of anilines is 6. The summed E-state index contributed by atoms with van der Waals surface area (Å²) in [5.74, 6) is 4.86. The number of benzene rings is 2. The lowest BCUT2D eigenvalue weighted by Crippen LogP contribution is -2.21. The normalized spacial score (nSPS) is 14.3. The second-order valence-corrected chi connectivity index (χ2v) is 13.0. The Balaban J connectivity index is 0.000000196. The highest BCUT2D eigenvalue weighted by Crippen LogP contribution is 2.40. The number of nitrogens with one attached hydrogen (secondary N) is 1. The van der Waals surface area contributed by atoms with Gasteiger partial charge in [0.05, 0.1) is 23.9 Å². The van der Waals surface area contributed by atoms with E-state index in [0.29, 0.717) is 41.3 Å². The van der Waals surface area contributed by atoms with E-state index in [0.717, 1.165) is 62.1 Å². The summed E-state index contributed by atoms with van der Waals surface area (Å²) in [4.78, 5) is 41.3. The van der Waals surface area contributed by atoms with Crippen molar-refractivity contribution in [1.82, 2.24) is 19.5 Å². The maximum atomic E-state index is 11.5. The number of rotatable bonds is 4. The molecule has 0 saturated heterocycles. The second-order valence-electron chi connectivity index (χ2n) is 13.0. The Kier molecular flexibility index (Phi) is 13.9. The quantitative estimate of drug-likeness (QED) is 0.117. The molecule has 2 aliphatic heterocycles. The van der Waals surface area contributed by atoms with Crippen molar-refractivity contribution < 1.29 is 24.3 Å². The van der Waals surface area contributed by atoms with Gasteiger partial charge in [-0.3, -0.25) is 0 Å². The van der Waals surface area contributed by atoms with Gasteiger partial charge in [-0.1, -0.05) is 13.8 Å². The number of fused-ring (bicyclic) bond motifs is 2. The monoisotopic (exact) mass is 707 g/mol. The number of hydrogen-bond acceptors (Lipinski definition) is 13. The number of carboxylic acid groups (broad SMARTS) is 1. The van der Waals surface area contributed by atoms with Gasteiger partial charge in [-0.2, -0.15) is 10.9 Å². The van der Waals surface area contributed by atoms with Crippen LogP contribution in [0.3, 0.4) is 0 Å². The molecule has 0 fully saturated rings. The molecule has 0 bridgehead atoms. The van der Waals surface area contributed by atoms with Crippen molar-refractivity contribution in [2.45, 2.75) is 58.3 Å². The molecule has 0 aliphatic carbocycles. The van der Waals surface area contributed by atoms with Gasteiger partial charge in [-0.05, 0) is 79.8 Å². The first-order chi connectivity index (χ1) is 24.1. The third-order valence-corrected chi connectivity index (χ3v) is 8.71. The van der Waals surface area contributed by atoms with Crippen molar-refractivity contribution in [3.63, 3.8) is 0 Å². The number of ether oxygens (including phenoxy) is 1. The Labute approximate surface area is 298 Å². The van der Waals surface area contributed by atoms with Crippen LogP contribution in [0.15, 0.2) is 42.9 Å². The topological polar surface area (TPSA) is 256 Å². The van der Waals surface area contributed by atoms with Crippen LogP contribution < -0.4 is 43.4 Å². The number of aryl methyl sites for hydroxylation is 2. The molecule has 4 aromatic rings. The smallest absolute Gasteiger partial charge is 0.358 e. The van der Waals surface area contributed by atoms with Crippen LogP contribution in [0.4, 0.5) is 34.6 Å². The summed E-state index contributed by atoms with van der Waals surface area (Å²) in [5, 5.41) is 9.16. The van der Waals surface area contributed by atoms with Gasteiger partial charge in [0, 0.05) is 69.4 Å². The van der Waals surface area contributed by atoms with E-state index in [1.54, 1.807) is 35.3 Å². The molecule has 2 aliphatic rings. The van der Waals surface area contributed by atoms with E-state index in [4.69, 9.17) is 38.7 Å². The SMILES string of the molecule is CCOc1cn(C)c(N)n1.CN1CCCC(C)(C)c2cc(N)c(C(=O)O)cc21.CN1CCCCc2cc(N)c(C(=O)ON)cc21.Nc1ncc[nH]1. The lowest BCUT2D eigenvalue weighted by atomic mass is 9.80. The van der Waals surface area contributed by atoms with Gasteiger partial charge in [0.15, 0.2) is 5.95 Å². The third-order valence-electron chi connectivity index (χ3n) is 8.71. The molecule has 0 atom stereocenters. The van der Waals surface area contributed by atoms with Crippen LogP contribution in [0, 0.1) is 0 Å². The highest BCUT2D eigenvalue weighted by atomic mass is 16.7. The molecule has 51 heavy (non-hydrogen) atoms. The van der Waals surface area contributed by atoms with Gasteiger partial charge in [0.1, 0.15) is 0 Å². The van der Waals surface area contributed by atoms with E-state index in [1.807, 2.05) is 40.2 Å². The summed E-state index contributed by atoms with van der Waals surface area (Å²) in [6.07, 6.45) is 10.5. The number of aromatic amines is 1. The predicted octanol–water partition coefficient (Wildman–Crippen LogP) is 3.94. The summed E-state index contributed by atoms with van der Waals surface area (Å²) in [7, 11) is 5.84. The van der Waals surface area contributed by atoms with Crippen LogP contribution in [-0.4, -0.2) is 70.4 Å². The molecule has 0 amide bonds. The van der Waals surface area contributed by atoms with Gasteiger partial charge >= 0.3 is 11.9 Å². The lowest BCUT2D eigenvalue weighted by molar-refractivity contribution is 0.0504. The lowest BCUT2D eigenvalue weighted by Gasteiger charge is -2.27. The number of aromatic nitrogens is 4. The van der Waals surface area contributed by atoms with Crippen molar-refractivity contribution in [2.75, 3.05) is 66.5 Å². The zero-order valence-electron chi connectivity index (χ0n) is 30.4. The zero-order chi connectivity index (χ0) is 37.9. The number of carbonyl (C=O) groups is 2. The summed E-state index contributed by atoms with van der Waals surface area (Å²) in [6.45, 7) is 8.82. The van der Waals surface area contributed by atoms with Gasteiger partial charge in [0.2, 0.25) is 11.8 Å². The molecule has 0 radical (unpaired) electrons. The standard InChI is InChI=1S/C14H20N2O2.C12H17N3O2.C6H11N3O.C3H5N3/c1-14(2)5-4-6-16(3)12-7-9(13(17)18)11(15)8-10(12)14;1-15-5-3-2-4-8-6-10(13)9(7-11(8)15)12(16)17-14;1-3-10-5-4-9(2)6(7)8-5;4-3-5-1-2-6-3/h7-8H,4-6,15H2,1-3H3,(H,17,18);6-7H,2-5,13-14H2,1H3;4H,3H2,1-2H3,(H2,7,8);1-2H,(H3,4,5,6). The summed E-state index contributed by atoms with van der Waals surface area (Å²) in [6, 6.07) is 7.16. The number of nitrogen functional groups attached to an aromatic ring is 4. The van der Waals surface area contributed by atoms with E-state index in [-0.39, 0.29) is 11.0 Å². The highest BCUT2D eigenvalue weighted by Gasteiger charge is 2.29. The average molecular weight is 708 g/mol. The number of nitrogens with two attached hydrogens (primary N) is 5. The molecule has 0 unspecified atom stereocenters. The number of aromatic carboxylic acids is 1. The first-order valence-corrected chi connectivity index (χ1v) is 16.7. The van der Waals surface area contributed by atoms with Crippen LogP contribution in [-0.2, 0) is 23.7 Å². The Hall–Kier alpha value is -5.64. The predicted molar refractivity (Wildman–Crippen MR) is 202 cm³/mol. The summed E-state index contributed by atoms with van der Waals surface area (Å²) in [5.41, 5.74) is 27.9. The fraction of sp³-hybridized carbons (Fsp3) is 0.429. The highest BCUT2D eigenvalue weighted by molar-refractivity contribution is 5.97. The molecule has 2 aromatic heterocycles. The van der Waals surface area contributed by atoms with Crippen molar-refractivity contribution in [2.24, 2.45) is 12.9 Å². The number of nitrogens with zero attached hydrogens (tertiary/aromatic N) is 5. The van der Waals surface area contributed by atoms with Crippen LogP contribution in [0.5, 0.6) is 5.88 Å². The van der Waals surface area contributed by atoms with Crippen LogP contribution in [0.1, 0.15) is 78.3 Å². The van der Waals surface area contributed by atoms with E-state index in [1.165, 1.54) is 5.56 Å². The fourth-order valence-corrected chi connectivity index (χ4v) is 5.84. The molecule has 16 heteroatoms. The maximum absolute atomic E-state index is 11.5. The molecule has 2 aromatic carbocycles. The molecular weight excluding hydrogens is 654 g/mol. The number of imidazole rings is 2. The Morgan fingerprint density at radius 1 is 0.941 bits per heavy atom. The third kappa shape index (κ3) is 10.7. The molecule has 0 spiro atoms. The van der Waals surface area contributed by atoms with Crippen molar-refractivity contribution in [1.29, 1.82) is 0 Å². The molecule has 0 saturated carbocycles. The van der Waals surface area contributed by atoms with Gasteiger partial charge in [-0.15, -0.1) is 0 Å². The number of H-pyrrole nitrogens is 1. The first kappa shape index (κ1) is 39.8. The molecule has 278 valence electrons. The van der Waals surface area contributed by atoms with Crippen LogP contribution in [0.25, 0.3) is 0 Å². The number of hydrogen-bond donors (Lipinski definition) is 7. The number of carboxylic acids is 1. The minimum absolute atomic E-state index is 0.0330. The minimum Gasteiger partial charge on any atom is -0.478 e. The molecule has 6 rings (SSSR count). The zero-order valence-corrected chi connectivity index (χ0v) is 30.4. The summed E-state index contributed by atoms with van der Waals surface area (Å²) >= 11 is 0.